The first-order valence-corrected chi connectivity index (χ1v) is 10.9. The van der Waals surface area contributed by atoms with Gasteiger partial charge in [0.1, 0.15) is 5.75 Å². The number of hydrogen-bond donors (Lipinski definition) is 2. The van der Waals surface area contributed by atoms with Crippen LogP contribution >= 0.6 is 0 Å². The fraction of sp³-hybridized carbons (Fsp3) is 0.682. The van der Waals surface area contributed by atoms with Gasteiger partial charge in [0.05, 0.1) is 6.04 Å². The van der Waals surface area contributed by atoms with Crippen molar-refractivity contribution in [1.82, 2.24) is 9.80 Å². The van der Waals surface area contributed by atoms with Gasteiger partial charge < -0.3 is 15.3 Å². The lowest BCUT2D eigenvalue weighted by molar-refractivity contribution is 0.107. The van der Waals surface area contributed by atoms with Gasteiger partial charge in [0.15, 0.2) is 5.96 Å². The van der Waals surface area contributed by atoms with E-state index in [1.54, 1.807) is 12.1 Å². The van der Waals surface area contributed by atoms with Crippen molar-refractivity contribution >= 4 is 11.6 Å². The Morgan fingerprint density at radius 2 is 1.63 bits per heavy atom. The molecule has 1 saturated heterocycles. The highest BCUT2D eigenvalue weighted by Gasteiger charge is 2.27. The van der Waals surface area contributed by atoms with Crippen LogP contribution in [-0.2, 0) is 0 Å². The van der Waals surface area contributed by atoms with Crippen molar-refractivity contribution in [3.8, 4) is 5.75 Å². The Kier molecular flexibility index (Phi) is 6.17. The lowest BCUT2D eigenvalue weighted by Crippen LogP contribution is -2.53. The summed E-state index contributed by atoms with van der Waals surface area (Å²) in [7, 11) is 0. The normalized spacial score (nSPS) is 23.7. The van der Waals surface area contributed by atoms with Crippen molar-refractivity contribution < 1.29 is 5.11 Å². The maximum Gasteiger partial charge on any atom is 0.198 e. The largest absolute Gasteiger partial charge is 0.508 e. The van der Waals surface area contributed by atoms with Crippen molar-refractivity contribution in [2.45, 2.75) is 69.9 Å². The average Bonchev–Trinajstić information content (AvgIpc) is 3.22. The van der Waals surface area contributed by atoms with Crippen LogP contribution in [0.5, 0.6) is 5.75 Å². The van der Waals surface area contributed by atoms with Crippen LogP contribution in [0.2, 0.25) is 0 Å². The van der Waals surface area contributed by atoms with E-state index in [2.05, 4.69) is 15.1 Å². The molecule has 0 unspecified atom stereocenters. The summed E-state index contributed by atoms with van der Waals surface area (Å²) >= 11 is 0. The average molecular weight is 371 g/mol. The first-order valence-electron chi connectivity index (χ1n) is 10.9. The first-order chi connectivity index (χ1) is 13.3. The summed E-state index contributed by atoms with van der Waals surface area (Å²) in [5.41, 5.74) is 0.918. The van der Waals surface area contributed by atoms with Gasteiger partial charge in [-0.2, -0.15) is 0 Å². The molecule has 0 amide bonds. The molecule has 2 aliphatic carbocycles. The first kappa shape index (κ1) is 18.6. The minimum absolute atomic E-state index is 0.294. The van der Waals surface area contributed by atoms with Crippen molar-refractivity contribution in [3.63, 3.8) is 0 Å². The van der Waals surface area contributed by atoms with Gasteiger partial charge in [0, 0.05) is 44.0 Å². The quantitative estimate of drug-likeness (QED) is 0.622. The van der Waals surface area contributed by atoms with E-state index in [9.17, 15) is 5.11 Å². The van der Waals surface area contributed by atoms with Crippen LogP contribution in [0.3, 0.4) is 0 Å². The van der Waals surface area contributed by atoms with Crippen molar-refractivity contribution in [3.05, 3.63) is 24.3 Å². The van der Waals surface area contributed by atoms with E-state index in [0.29, 0.717) is 11.8 Å². The zero-order chi connectivity index (χ0) is 18.5. The minimum atomic E-state index is 0.294. The Balaban J connectivity index is 1.42. The number of aromatic hydroxyl groups is 1. The minimum Gasteiger partial charge on any atom is -0.508 e. The number of nitrogens with one attached hydrogen (secondary N) is 1. The van der Waals surface area contributed by atoms with Gasteiger partial charge in [0.25, 0.3) is 0 Å². The van der Waals surface area contributed by atoms with E-state index in [1.165, 1.54) is 57.8 Å². The maximum atomic E-state index is 9.80. The molecule has 1 aromatic carbocycles. The molecule has 0 radical (unpaired) electrons. The fourth-order valence-electron chi connectivity index (χ4n) is 4.86. The topological polar surface area (TPSA) is 51.1 Å². The summed E-state index contributed by atoms with van der Waals surface area (Å²) in [5.74, 6) is 1.29. The molecule has 0 bridgehead atoms. The molecule has 2 N–H and O–H groups in total. The molecule has 0 spiro atoms. The van der Waals surface area contributed by atoms with Crippen molar-refractivity contribution in [2.75, 3.05) is 31.5 Å². The number of hydrogen-bond acceptors (Lipinski definition) is 3. The maximum absolute atomic E-state index is 9.80. The second-order valence-electron chi connectivity index (χ2n) is 8.38. The number of phenols is 1. The van der Waals surface area contributed by atoms with Gasteiger partial charge in [-0.25, -0.2) is 4.99 Å². The molecule has 1 aliphatic heterocycles. The van der Waals surface area contributed by atoms with Gasteiger partial charge in [-0.1, -0.05) is 38.2 Å². The highest BCUT2D eigenvalue weighted by molar-refractivity contribution is 5.94. The standard InChI is InChI=1S/C22H34N4O/c27-21-12-6-9-19(17-21)24-22(23-18-7-4-5-8-18)26-15-13-25(14-16-26)20-10-2-1-3-11-20/h6,9,12,17-18,20,27H,1-5,7-8,10-11,13-16H2,(H,23,24). The third-order valence-corrected chi connectivity index (χ3v) is 6.44. The van der Waals surface area contributed by atoms with Crippen molar-refractivity contribution in [2.24, 2.45) is 4.99 Å². The molecule has 3 aliphatic rings. The van der Waals surface area contributed by atoms with Gasteiger partial charge in [0.2, 0.25) is 0 Å². The van der Waals surface area contributed by atoms with E-state index < -0.39 is 0 Å². The predicted molar refractivity (Wildman–Crippen MR) is 111 cm³/mol. The van der Waals surface area contributed by atoms with E-state index in [1.807, 2.05) is 12.1 Å². The number of phenolic OH excluding ortho intramolecular Hbond substituents is 1. The van der Waals surface area contributed by atoms with Crippen LogP contribution in [0, 0.1) is 0 Å². The number of piperazine rings is 1. The zero-order valence-electron chi connectivity index (χ0n) is 16.4. The molecule has 148 valence electrons. The van der Waals surface area contributed by atoms with Crippen LogP contribution in [0.1, 0.15) is 57.8 Å². The van der Waals surface area contributed by atoms with Gasteiger partial charge >= 0.3 is 0 Å². The van der Waals surface area contributed by atoms with Crippen LogP contribution in [-0.4, -0.2) is 59.1 Å². The molecular formula is C22H34N4O. The number of guanidine groups is 1. The van der Waals surface area contributed by atoms with Crippen LogP contribution in [0.4, 0.5) is 5.69 Å². The number of aliphatic imine (C=N–C) groups is 1. The molecular weight excluding hydrogens is 336 g/mol. The molecule has 3 fully saturated rings. The Labute approximate surface area is 163 Å². The second-order valence-corrected chi connectivity index (χ2v) is 8.38. The number of nitrogens with zero attached hydrogens (tertiary/aromatic N) is 3. The lowest BCUT2D eigenvalue weighted by atomic mass is 9.94. The van der Waals surface area contributed by atoms with E-state index in [4.69, 9.17) is 4.99 Å². The summed E-state index contributed by atoms with van der Waals surface area (Å²) in [6.07, 6.45) is 12.0. The summed E-state index contributed by atoms with van der Waals surface area (Å²) in [6.45, 7) is 4.34. The van der Waals surface area contributed by atoms with E-state index in [-0.39, 0.29) is 0 Å². The highest BCUT2D eigenvalue weighted by Crippen LogP contribution is 2.25. The smallest absolute Gasteiger partial charge is 0.198 e. The Bertz CT molecular complexity index is 627. The van der Waals surface area contributed by atoms with E-state index >= 15 is 0 Å². The molecule has 0 aromatic heterocycles. The van der Waals surface area contributed by atoms with Crippen LogP contribution in [0.25, 0.3) is 0 Å². The summed E-state index contributed by atoms with van der Waals surface area (Å²) in [5, 5.41) is 13.3. The Morgan fingerprint density at radius 1 is 0.926 bits per heavy atom. The third kappa shape index (κ3) is 4.95. The second kappa shape index (κ2) is 8.96. The molecule has 1 aromatic rings. The molecule has 1 heterocycles. The summed E-state index contributed by atoms with van der Waals surface area (Å²) < 4.78 is 0. The molecule has 2 saturated carbocycles. The summed E-state index contributed by atoms with van der Waals surface area (Å²) in [6, 6.07) is 8.62. The van der Waals surface area contributed by atoms with Crippen LogP contribution < -0.4 is 5.32 Å². The molecule has 27 heavy (non-hydrogen) atoms. The van der Waals surface area contributed by atoms with Crippen LogP contribution in [0.15, 0.2) is 29.3 Å². The SMILES string of the molecule is Oc1cccc(NC(=NC2CCCC2)N2CCN(C3CCCCC3)CC2)c1. The van der Waals surface area contributed by atoms with Crippen molar-refractivity contribution in [1.29, 1.82) is 0 Å². The third-order valence-electron chi connectivity index (χ3n) is 6.44. The fourth-order valence-corrected chi connectivity index (χ4v) is 4.86. The highest BCUT2D eigenvalue weighted by atomic mass is 16.3. The predicted octanol–water partition coefficient (Wildman–Crippen LogP) is 4.05. The number of rotatable bonds is 3. The van der Waals surface area contributed by atoms with Gasteiger partial charge in [-0.3, -0.25) is 4.90 Å². The van der Waals surface area contributed by atoms with E-state index in [0.717, 1.165) is 43.9 Å². The Morgan fingerprint density at radius 3 is 2.33 bits per heavy atom. The lowest BCUT2D eigenvalue weighted by Gasteiger charge is -2.41. The van der Waals surface area contributed by atoms with Gasteiger partial charge in [-0.15, -0.1) is 0 Å². The van der Waals surface area contributed by atoms with Gasteiger partial charge in [-0.05, 0) is 37.8 Å². The molecule has 5 nitrogen and oxygen atoms in total. The Hall–Kier alpha value is -1.75. The monoisotopic (exact) mass is 370 g/mol. The number of benzene rings is 1. The summed E-state index contributed by atoms with van der Waals surface area (Å²) in [4.78, 5) is 10.2. The number of anilines is 1. The zero-order valence-corrected chi connectivity index (χ0v) is 16.4. The molecule has 5 heteroatoms. The molecule has 4 rings (SSSR count). The molecule has 0 atom stereocenters.